The molecule has 0 atom stereocenters. The standard InChI is InChI=1S/C15H22N2/c1-2-14(16-3-1)10-17-15-7-11-4-12(8-15)6-13(5-11)9-15/h1-3,11-13,16-17H,4-10H2. The van der Waals surface area contributed by atoms with Gasteiger partial charge in [0.15, 0.2) is 0 Å². The van der Waals surface area contributed by atoms with Gasteiger partial charge in [-0.25, -0.2) is 0 Å². The van der Waals surface area contributed by atoms with Crippen LogP contribution in [-0.4, -0.2) is 10.5 Å². The summed E-state index contributed by atoms with van der Waals surface area (Å²) in [6.07, 6.45) is 11.0. The summed E-state index contributed by atoms with van der Waals surface area (Å²) in [6, 6.07) is 4.28. The van der Waals surface area contributed by atoms with E-state index in [0.29, 0.717) is 5.54 Å². The van der Waals surface area contributed by atoms with Gasteiger partial charge >= 0.3 is 0 Å². The molecule has 1 aromatic rings. The minimum absolute atomic E-state index is 0.500. The minimum Gasteiger partial charge on any atom is -0.364 e. The lowest BCUT2D eigenvalue weighted by Gasteiger charge is -2.57. The van der Waals surface area contributed by atoms with Gasteiger partial charge in [0.05, 0.1) is 0 Å². The molecule has 4 saturated carbocycles. The number of hydrogen-bond donors (Lipinski definition) is 2. The van der Waals surface area contributed by atoms with E-state index in [-0.39, 0.29) is 0 Å². The fourth-order valence-corrected chi connectivity index (χ4v) is 5.09. The Morgan fingerprint density at radius 2 is 1.76 bits per heavy atom. The van der Waals surface area contributed by atoms with Crippen LogP contribution in [0.5, 0.6) is 0 Å². The zero-order chi connectivity index (χ0) is 11.3. The van der Waals surface area contributed by atoms with Crippen molar-refractivity contribution in [1.29, 1.82) is 0 Å². The molecule has 0 amide bonds. The summed E-state index contributed by atoms with van der Waals surface area (Å²) >= 11 is 0. The summed E-state index contributed by atoms with van der Waals surface area (Å²) in [5, 5.41) is 3.90. The topological polar surface area (TPSA) is 27.8 Å². The van der Waals surface area contributed by atoms with Gasteiger partial charge in [-0.3, -0.25) is 0 Å². The molecule has 0 saturated heterocycles. The largest absolute Gasteiger partial charge is 0.364 e. The number of aromatic nitrogens is 1. The SMILES string of the molecule is c1c[nH]c(CNC23CC4CC(CC(C4)C2)C3)c1. The highest BCUT2D eigenvalue weighted by Crippen LogP contribution is 2.55. The molecule has 2 nitrogen and oxygen atoms in total. The maximum Gasteiger partial charge on any atom is 0.0362 e. The van der Waals surface area contributed by atoms with Crippen LogP contribution in [0.25, 0.3) is 0 Å². The minimum atomic E-state index is 0.500. The van der Waals surface area contributed by atoms with Gasteiger partial charge < -0.3 is 10.3 Å². The van der Waals surface area contributed by atoms with E-state index in [4.69, 9.17) is 0 Å². The van der Waals surface area contributed by atoms with E-state index in [0.717, 1.165) is 24.3 Å². The van der Waals surface area contributed by atoms with Crippen molar-refractivity contribution in [1.82, 2.24) is 10.3 Å². The van der Waals surface area contributed by atoms with E-state index in [1.165, 1.54) is 44.2 Å². The molecule has 0 radical (unpaired) electrons. The van der Waals surface area contributed by atoms with Gasteiger partial charge in [0.25, 0.3) is 0 Å². The third-order valence-corrected chi connectivity index (χ3v) is 5.35. The zero-order valence-corrected chi connectivity index (χ0v) is 10.4. The fraction of sp³-hybridized carbons (Fsp3) is 0.733. The van der Waals surface area contributed by atoms with E-state index in [1.54, 1.807) is 0 Å². The highest BCUT2D eigenvalue weighted by molar-refractivity contribution is 5.09. The predicted molar refractivity (Wildman–Crippen MR) is 68.5 cm³/mol. The van der Waals surface area contributed by atoms with Crippen molar-refractivity contribution in [3.8, 4) is 0 Å². The van der Waals surface area contributed by atoms with Crippen LogP contribution < -0.4 is 5.32 Å². The summed E-state index contributed by atoms with van der Waals surface area (Å²) in [5.74, 6) is 3.12. The van der Waals surface area contributed by atoms with E-state index in [9.17, 15) is 0 Å². The normalized spacial score (nSPS) is 43.2. The summed E-state index contributed by atoms with van der Waals surface area (Å²) in [7, 11) is 0. The van der Waals surface area contributed by atoms with Crippen molar-refractivity contribution in [2.75, 3.05) is 0 Å². The Morgan fingerprint density at radius 1 is 1.12 bits per heavy atom. The van der Waals surface area contributed by atoms with Crippen LogP contribution in [0, 0.1) is 17.8 Å². The molecular weight excluding hydrogens is 208 g/mol. The van der Waals surface area contributed by atoms with Crippen molar-refractivity contribution in [2.24, 2.45) is 17.8 Å². The Balaban J connectivity index is 1.49. The Kier molecular flexibility index (Phi) is 2.17. The quantitative estimate of drug-likeness (QED) is 0.820. The Morgan fingerprint density at radius 3 is 2.29 bits per heavy atom. The van der Waals surface area contributed by atoms with Crippen LogP contribution in [0.15, 0.2) is 18.3 Å². The first-order valence-electron chi connectivity index (χ1n) is 7.19. The van der Waals surface area contributed by atoms with Gasteiger partial charge in [0.1, 0.15) is 0 Å². The maximum atomic E-state index is 3.90. The van der Waals surface area contributed by atoms with E-state index in [1.807, 2.05) is 6.20 Å². The molecule has 17 heavy (non-hydrogen) atoms. The Hall–Kier alpha value is -0.760. The molecular formula is C15H22N2. The number of nitrogens with one attached hydrogen (secondary N) is 2. The van der Waals surface area contributed by atoms with E-state index >= 15 is 0 Å². The third-order valence-electron chi connectivity index (χ3n) is 5.35. The van der Waals surface area contributed by atoms with Crippen molar-refractivity contribution in [2.45, 2.75) is 50.6 Å². The zero-order valence-electron chi connectivity index (χ0n) is 10.4. The molecule has 0 aliphatic heterocycles. The van der Waals surface area contributed by atoms with Crippen LogP contribution >= 0.6 is 0 Å². The number of aromatic amines is 1. The maximum absolute atomic E-state index is 3.90. The Bertz CT molecular complexity index is 358. The van der Waals surface area contributed by atoms with Crippen LogP contribution in [0.1, 0.15) is 44.2 Å². The molecule has 4 aliphatic rings. The molecule has 4 aliphatic carbocycles. The predicted octanol–water partition coefficient (Wildman–Crippen LogP) is 3.07. The first-order chi connectivity index (χ1) is 8.31. The molecule has 0 aromatic carbocycles. The third kappa shape index (κ3) is 1.74. The van der Waals surface area contributed by atoms with Gasteiger partial charge in [-0.15, -0.1) is 0 Å². The first-order valence-corrected chi connectivity index (χ1v) is 7.19. The molecule has 0 unspecified atom stereocenters. The summed E-state index contributed by atoms with van der Waals surface area (Å²) < 4.78 is 0. The first kappa shape index (κ1) is 10.2. The number of rotatable bonds is 3. The molecule has 4 bridgehead atoms. The Labute approximate surface area is 103 Å². The lowest BCUT2D eigenvalue weighted by atomic mass is 9.53. The van der Waals surface area contributed by atoms with Gasteiger partial charge in [-0.2, -0.15) is 0 Å². The summed E-state index contributed by atoms with van der Waals surface area (Å²) in [6.45, 7) is 1.03. The van der Waals surface area contributed by atoms with Gasteiger partial charge in [0, 0.05) is 24.0 Å². The number of H-pyrrole nitrogens is 1. The molecule has 0 spiro atoms. The molecule has 4 fully saturated rings. The van der Waals surface area contributed by atoms with Gasteiger partial charge in [-0.1, -0.05) is 0 Å². The van der Waals surface area contributed by atoms with Crippen LogP contribution in [-0.2, 0) is 6.54 Å². The van der Waals surface area contributed by atoms with E-state index in [2.05, 4.69) is 22.4 Å². The summed E-state index contributed by atoms with van der Waals surface area (Å²) in [4.78, 5) is 3.31. The van der Waals surface area contributed by atoms with E-state index < -0.39 is 0 Å². The van der Waals surface area contributed by atoms with Crippen LogP contribution in [0.3, 0.4) is 0 Å². The second kappa shape index (κ2) is 3.61. The molecule has 1 heterocycles. The molecule has 1 aromatic heterocycles. The highest BCUT2D eigenvalue weighted by atomic mass is 15.0. The average molecular weight is 230 g/mol. The van der Waals surface area contributed by atoms with Gasteiger partial charge in [0.2, 0.25) is 0 Å². The molecule has 5 rings (SSSR count). The van der Waals surface area contributed by atoms with Gasteiger partial charge in [-0.05, 0) is 68.4 Å². The molecule has 92 valence electrons. The molecule has 2 heteroatoms. The second-order valence-electron chi connectivity index (χ2n) is 6.75. The average Bonchev–Trinajstić information content (AvgIpc) is 2.77. The van der Waals surface area contributed by atoms with Crippen molar-refractivity contribution in [3.05, 3.63) is 24.0 Å². The lowest BCUT2D eigenvalue weighted by molar-refractivity contribution is -0.0207. The lowest BCUT2D eigenvalue weighted by Crippen LogP contribution is -2.58. The monoisotopic (exact) mass is 230 g/mol. The van der Waals surface area contributed by atoms with Crippen molar-refractivity contribution in [3.63, 3.8) is 0 Å². The van der Waals surface area contributed by atoms with Crippen molar-refractivity contribution < 1.29 is 0 Å². The van der Waals surface area contributed by atoms with Crippen molar-refractivity contribution >= 4 is 0 Å². The summed E-state index contributed by atoms with van der Waals surface area (Å²) in [5.41, 5.74) is 1.83. The second-order valence-corrected chi connectivity index (χ2v) is 6.75. The molecule has 2 N–H and O–H groups in total. The smallest absolute Gasteiger partial charge is 0.0362 e. The van der Waals surface area contributed by atoms with Crippen LogP contribution in [0.2, 0.25) is 0 Å². The fourth-order valence-electron chi connectivity index (χ4n) is 5.09. The number of hydrogen-bond acceptors (Lipinski definition) is 1. The van der Waals surface area contributed by atoms with Crippen LogP contribution in [0.4, 0.5) is 0 Å². The highest BCUT2D eigenvalue weighted by Gasteiger charge is 2.50.